The summed E-state index contributed by atoms with van der Waals surface area (Å²) in [5.74, 6) is 0.878. The highest BCUT2D eigenvalue weighted by Gasteiger charge is 2.03. The van der Waals surface area contributed by atoms with Gasteiger partial charge in [-0.1, -0.05) is 23.2 Å². The van der Waals surface area contributed by atoms with Crippen LogP contribution in [0.2, 0.25) is 10.0 Å². The highest BCUT2D eigenvalue weighted by atomic mass is 35.5. The van der Waals surface area contributed by atoms with Gasteiger partial charge in [-0.3, -0.25) is 0 Å². The minimum Gasteiger partial charge on any atom is -0.320 e. The van der Waals surface area contributed by atoms with E-state index in [9.17, 15) is 0 Å². The molecule has 1 N–H and O–H groups in total. The Labute approximate surface area is 110 Å². The number of hydrogen-bond acceptors (Lipinski definition) is 3. The average Bonchev–Trinajstić information content (AvgIpc) is 2.70. The third kappa shape index (κ3) is 3.19. The first kappa shape index (κ1) is 12.4. The quantitative estimate of drug-likeness (QED) is 0.928. The standard InChI is InChI=1S/C11H12Cl2N4/c1-17-7-15-16-11(17)6-14-5-8-4-9(12)2-3-10(8)13/h2-4,7,14H,5-6H2,1H3. The molecular weight excluding hydrogens is 259 g/mol. The summed E-state index contributed by atoms with van der Waals surface area (Å²) < 4.78 is 1.87. The minimum atomic E-state index is 0.638. The second-order valence-corrected chi connectivity index (χ2v) is 4.54. The molecule has 0 aliphatic rings. The molecular formula is C11H12Cl2N4. The van der Waals surface area contributed by atoms with Crippen molar-refractivity contribution in [1.82, 2.24) is 20.1 Å². The molecule has 1 aromatic carbocycles. The normalized spacial score (nSPS) is 10.8. The fourth-order valence-corrected chi connectivity index (χ4v) is 1.83. The lowest BCUT2D eigenvalue weighted by atomic mass is 10.2. The van der Waals surface area contributed by atoms with E-state index in [-0.39, 0.29) is 0 Å². The van der Waals surface area contributed by atoms with Gasteiger partial charge in [-0.25, -0.2) is 0 Å². The van der Waals surface area contributed by atoms with Crippen LogP contribution < -0.4 is 5.32 Å². The van der Waals surface area contributed by atoms with Gasteiger partial charge in [0.05, 0.1) is 6.54 Å². The van der Waals surface area contributed by atoms with E-state index in [0.717, 1.165) is 11.4 Å². The first-order chi connectivity index (χ1) is 8.16. The van der Waals surface area contributed by atoms with Crippen molar-refractivity contribution >= 4 is 23.2 Å². The smallest absolute Gasteiger partial charge is 0.146 e. The van der Waals surface area contributed by atoms with Crippen LogP contribution in [0.15, 0.2) is 24.5 Å². The monoisotopic (exact) mass is 270 g/mol. The van der Waals surface area contributed by atoms with Crippen LogP contribution in [0, 0.1) is 0 Å². The van der Waals surface area contributed by atoms with Crippen LogP contribution in [0.5, 0.6) is 0 Å². The molecule has 90 valence electrons. The van der Waals surface area contributed by atoms with E-state index < -0.39 is 0 Å². The summed E-state index contributed by atoms with van der Waals surface area (Å²) in [6, 6.07) is 5.42. The molecule has 2 rings (SSSR count). The van der Waals surface area contributed by atoms with E-state index in [0.29, 0.717) is 23.1 Å². The molecule has 0 saturated heterocycles. The van der Waals surface area contributed by atoms with E-state index in [1.54, 1.807) is 18.5 Å². The summed E-state index contributed by atoms with van der Waals surface area (Å²) in [4.78, 5) is 0. The topological polar surface area (TPSA) is 42.7 Å². The van der Waals surface area contributed by atoms with Gasteiger partial charge in [0.1, 0.15) is 12.2 Å². The molecule has 1 aromatic heterocycles. The molecule has 0 unspecified atom stereocenters. The highest BCUT2D eigenvalue weighted by Crippen LogP contribution is 2.20. The molecule has 0 radical (unpaired) electrons. The van der Waals surface area contributed by atoms with Crippen molar-refractivity contribution in [3.05, 3.63) is 46.0 Å². The van der Waals surface area contributed by atoms with Crippen LogP contribution in [0.25, 0.3) is 0 Å². The van der Waals surface area contributed by atoms with Crippen molar-refractivity contribution in [3.8, 4) is 0 Å². The van der Waals surface area contributed by atoms with Crippen molar-refractivity contribution in [2.24, 2.45) is 7.05 Å². The summed E-state index contributed by atoms with van der Waals surface area (Å²) in [5, 5.41) is 12.4. The Morgan fingerprint density at radius 3 is 2.82 bits per heavy atom. The number of nitrogens with one attached hydrogen (secondary N) is 1. The Morgan fingerprint density at radius 2 is 2.12 bits per heavy atom. The predicted octanol–water partition coefficient (Wildman–Crippen LogP) is 2.41. The minimum absolute atomic E-state index is 0.638. The molecule has 0 amide bonds. The van der Waals surface area contributed by atoms with Crippen LogP contribution in [-0.2, 0) is 20.1 Å². The fraction of sp³-hybridized carbons (Fsp3) is 0.273. The molecule has 0 fully saturated rings. The molecule has 4 nitrogen and oxygen atoms in total. The maximum atomic E-state index is 6.06. The van der Waals surface area contributed by atoms with Crippen LogP contribution >= 0.6 is 23.2 Å². The molecule has 0 spiro atoms. The second-order valence-electron chi connectivity index (χ2n) is 3.70. The van der Waals surface area contributed by atoms with E-state index in [1.807, 2.05) is 17.7 Å². The summed E-state index contributed by atoms with van der Waals surface area (Å²) >= 11 is 12.0. The van der Waals surface area contributed by atoms with Crippen LogP contribution in [0.1, 0.15) is 11.4 Å². The number of rotatable bonds is 4. The van der Waals surface area contributed by atoms with Gasteiger partial charge in [0.15, 0.2) is 0 Å². The van der Waals surface area contributed by atoms with E-state index in [1.165, 1.54) is 0 Å². The Bertz CT molecular complexity index is 510. The third-order valence-electron chi connectivity index (χ3n) is 2.41. The Hall–Kier alpha value is -1.10. The molecule has 17 heavy (non-hydrogen) atoms. The SMILES string of the molecule is Cn1cnnc1CNCc1cc(Cl)ccc1Cl. The second kappa shape index (κ2) is 5.49. The van der Waals surface area contributed by atoms with Crippen LogP contribution in [0.4, 0.5) is 0 Å². The van der Waals surface area contributed by atoms with Crippen molar-refractivity contribution in [3.63, 3.8) is 0 Å². The van der Waals surface area contributed by atoms with Gasteiger partial charge < -0.3 is 9.88 Å². The molecule has 0 saturated carbocycles. The van der Waals surface area contributed by atoms with Crippen molar-refractivity contribution in [1.29, 1.82) is 0 Å². The lowest BCUT2D eigenvalue weighted by Crippen LogP contribution is -2.16. The molecule has 0 atom stereocenters. The summed E-state index contributed by atoms with van der Waals surface area (Å²) in [6.45, 7) is 1.28. The number of aryl methyl sites for hydroxylation is 1. The van der Waals surface area contributed by atoms with Gasteiger partial charge in [0.25, 0.3) is 0 Å². The zero-order chi connectivity index (χ0) is 12.3. The lowest BCUT2D eigenvalue weighted by molar-refractivity contribution is 0.637. The van der Waals surface area contributed by atoms with E-state index in [4.69, 9.17) is 23.2 Å². The van der Waals surface area contributed by atoms with Crippen LogP contribution in [-0.4, -0.2) is 14.8 Å². The summed E-state index contributed by atoms with van der Waals surface area (Å²) in [7, 11) is 1.91. The molecule has 1 heterocycles. The number of hydrogen-bond donors (Lipinski definition) is 1. The van der Waals surface area contributed by atoms with Gasteiger partial charge in [-0.15, -0.1) is 10.2 Å². The van der Waals surface area contributed by atoms with E-state index in [2.05, 4.69) is 15.5 Å². The molecule has 6 heteroatoms. The van der Waals surface area contributed by atoms with E-state index >= 15 is 0 Å². The maximum Gasteiger partial charge on any atom is 0.146 e. The number of nitrogens with zero attached hydrogens (tertiary/aromatic N) is 3. The van der Waals surface area contributed by atoms with Crippen LogP contribution in [0.3, 0.4) is 0 Å². The third-order valence-corrected chi connectivity index (χ3v) is 3.02. The Balaban J connectivity index is 1.94. The van der Waals surface area contributed by atoms with Crippen molar-refractivity contribution < 1.29 is 0 Å². The fourth-order valence-electron chi connectivity index (χ4n) is 1.45. The molecule has 2 aromatic rings. The zero-order valence-electron chi connectivity index (χ0n) is 9.32. The van der Waals surface area contributed by atoms with Crippen molar-refractivity contribution in [2.75, 3.05) is 0 Å². The Kier molecular flexibility index (Phi) is 3.99. The summed E-state index contributed by atoms with van der Waals surface area (Å²) in [6.07, 6.45) is 1.67. The highest BCUT2D eigenvalue weighted by molar-refractivity contribution is 6.33. The average molecular weight is 271 g/mol. The maximum absolute atomic E-state index is 6.06. The van der Waals surface area contributed by atoms with Crippen molar-refractivity contribution in [2.45, 2.75) is 13.1 Å². The zero-order valence-corrected chi connectivity index (χ0v) is 10.8. The predicted molar refractivity (Wildman–Crippen MR) is 68.0 cm³/mol. The van der Waals surface area contributed by atoms with Gasteiger partial charge in [0, 0.05) is 23.6 Å². The first-order valence-corrected chi connectivity index (χ1v) is 5.90. The van der Waals surface area contributed by atoms with Gasteiger partial charge in [-0.2, -0.15) is 0 Å². The van der Waals surface area contributed by atoms with Gasteiger partial charge >= 0.3 is 0 Å². The lowest BCUT2D eigenvalue weighted by Gasteiger charge is -2.06. The largest absolute Gasteiger partial charge is 0.320 e. The molecule has 0 aliphatic heterocycles. The number of benzene rings is 1. The molecule has 0 bridgehead atoms. The van der Waals surface area contributed by atoms with Gasteiger partial charge in [0.2, 0.25) is 0 Å². The first-order valence-electron chi connectivity index (χ1n) is 5.14. The Morgan fingerprint density at radius 1 is 1.29 bits per heavy atom. The van der Waals surface area contributed by atoms with Gasteiger partial charge in [-0.05, 0) is 23.8 Å². The molecule has 0 aliphatic carbocycles. The number of halogens is 2. The number of aromatic nitrogens is 3. The summed E-state index contributed by atoms with van der Waals surface area (Å²) in [5.41, 5.74) is 0.973.